The minimum Gasteiger partial charge on any atom is -0.393 e. The summed E-state index contributed by atoms with van der Waals surface area (Å²) in [6, 6.07) is 3.47. The summed E-state index contributed by atoms with van der Waals surface area (Å²) in [6.45, 7) is 4.04. The molecule has 0 radical (unpaired) electrons. The Labute approximate surface area is 154 Å². The van der Waals surface area contributed by atoms with Gasteiger partial charge in [0, 0.05) is 25.7 Å². The fraction of sp³-hybridized carbons (Fsp3) is 0.700. The van der Waals surface area contributed by atoms with Gasteiger partial charge in [-0.15, -0.1) is 0 Å². The van der Waals surface area contributed by atoms with E-state index < -0.39 is 0 Å². The molecular formula is C20H28FN3O2. The molecule has 2 saturated heterocycles. The molecule has 1 aliphatic carbocycles. The zero-order valence-corrected chi connectivity index (χ0v) is 15.5. The second kappa shape index (κ2) is 6.80. The lowest BCUT2D eigenvalue weighted by atomic mass is 9.78. The molecule has 1 N–H and O–H groups in total. The van der Waals surface area contributed by atoms with Gasteiger partial charge in [0.15, 0.2) is 0 Å². The summed E-state index contributed by atoms with van der Waals surface area (Å²) in [6.07, 6.45) is 5.99. The van der Waals surface area contributed by atoms with Crippen molar-refractivity contribution in [3.8, 4) is 0 Å². The molecule has 1 saturated carbocycles. The van der Waals surface area contributed by atoms with Crippen molar-refractivity contribution in [1.29, 1.82) is 0 Å². The Morgan fingerprint density at radius 3 is 2.69 bits per heavy atom. The van der Waals surface area contributed by atoms with Crippen LogP contribution in [0.5, 0.6) is 0 Å². The minimum absolute atomic E-state index is 0.198. The molecule has 26 heavy (non-hydrogen) atoms. The topological polar surface area (TPSA) is 56.7 Å². The lowest BCUT2D eigenvalue weighted by Gasteiger charge is -2.41. The van der Waals surface area contributed by atoms with Crippen LogP contribution in [0, 0.1) is 18.2 Å². The third-order valence-corrected chi connectivity index (χ3v) is 6.56. The van der Waals surface area contributed by atoms with Crippen molar-refractivity contribution in [3.63, 3.8) is 0 Å². The molecule has 1 spiro atoms. The van der Waals surface area contributed by atoms with Gasteiger partial charge in [-0.1, -0.05) is 0 Å². The molecule has 3 heterocycles. The summed E-state index contributed by atoms with van der Waals surface area (Å²) in [5.74, 6) is 0.764. The predicted molar refractivity (Wildman–Crippen MR) is 97.4 cm³/mol. The van der Waals surface area contributed by atoms with Crippen LogP contribution in [0.15, 0.2) is 12.1 Å². The Kier molecular flexibility index (Phi) is 4.63. The highest BCUT2D eigenvalue weighted by Crippen LogP contribution is 2.43. The average molecular weight is 361 g/mol. The minimum atomic E-state index is -0.321. The number of aliphatic hydroxyl groups is 1. The molecule has 1 amide bonds. The largest absolute Gasteiger partial charge is 0.393 e. The van der Waals surface area contributed by atoms with Crippen molar-refractivity contribution < 1.29 is 14.3 Å². The average Bonchev–Trinajstić information content (AvgIpc) is 2.94. The number of aryl methyl sites for hydroxylation is 1. The second-order valence-electron chi connectivity index (χ2n) is 8.25. The van der Waals surface area contributed by atoms with E-state index in [1.165, 1.54) is 6.07 Å². The number of aromatic nitrogens is 1. The van der Waals surface area contributed by atoms with Gasteiger partial charge in [-0.25, -0.2) is 9.37 Å². The Hall–Kier alpha value is -1.69. The van der Waals surface area contributed by atoms with E-state index in [4.69, 9.17) is 0 Å². The van der Waals surface area contributed by atoms with Gasteiger partial charge in [-0.2, -0.15) is 0 Å². The van der Waals surface area contributed by atoms with Crippen molar-refractivity contribution in [2.24, 2.45) is 5.41 Å². The summed E-state index contributed by atoms with van der Waals surface area (Å²) >= 11 is 0. The Morgan fingerprint density at radius 1 is 1.19 bits per heavy atom. The van der Waals surface area contributed by atoms with Gasteiger partial charge in [0.05, 0.1) is 17.2 Å². The smallest absolute Gasteiger partial charge is 0.230 e. The van der Waals surface area contributed by atoms with Gasteiger partial charge in [-0.05, 0) is 64.0 Å². The van der Waals surface area contributed by atoms with Crippen LogP contribution in [0.3, 0.4) is 0 Å². The van der Waals surface area contributed by atoms with Gasteiger partial charge >= 0.3 is 0 Å². The van der Waals surface area contributed by atoms with E-state index in [2.05, 4.69) is 14.8 Å². The van der Waals surface area contributed by atoms with Gasteiger partial charge in [-0.3, -0.25) is 4.79 Å². The number of anilines is 1. The van der Waals surface area contributed by atoms with Gasteiger partial charge < -0.3 is 14.9 Å². The molecular weight excluding hydrogens is 333 g/mol. The third-order valence-electron chi connectivity index (χ3n) is 6.56. The summed E-state index contributed by atoms with van der Waals surface area (Å²) in [5.41, 5.74) is 0.0837. The number of nitrogens with zero attached hydrogens (tertiary/aromatic N) is 3. The van der Waals surface area contributed by atoms with E-state index in [9.17, 15) is 14.3 Å². The van der Waals surface area contributed by atoms with Crippen LogP contribution in [0.4, 0.5) is 10.2 Å². The first-order valence-corrected chi connectivity index (χ1v) is 9.86. The number of aliphatic hydroxyl groups excluding tert-OH is 1. The summed E-state index contributed by atoms with van der Waals surface area (Å²) in [7, 11) is 0. The molecule has 142 valence electrons. The zero-order valence-electron chi connectivity index (χ0n) is 15.5. The molecule has 6 heteroatoms. The quantitative estimate of drug-likeness (QED) is 0.880. The molecule has 2 aliphatic heterocycles. The van der Waals surface area contributed by atoms with E-state index in [0.717, 1.165) is 63.9 Å². The molecule has 1 atom stereocenters. The highest BCUT2D eigenvalue weighted by atomic mass is 19.1. The van der Waals surface area contributed by atoms with E-state index in [0.29, 0.717) is 12.2 Å². The maximum absolute atomic E-state index is 13.5. The standard InChI is InChI=1S/C20H28FN3O2/c1-14-17(21)7-8-18(22-14)23-11-2-9-20(13-23)10-12-24(19(20)26)15-3-5-16(25)6-4-15/h7-8,15-16,25H,2-6,9-13H2,1H3. The van der Waals surface area contributed by atoms with Crippen LogP contribution in [0.25, 0.3) is 0 Å². The molecule has 3 aliphatic rings. The van der Waals surface area contributed by atoms with Crippen LogP contribution in [-0.4, -0.2) is 52.7 Å². The van der Waals surface area contributed by atoms with Gasteiger partial charge in [0.25, 0.3) is 0 Å². The van der Waals surface area contributed by atoms with Crippen LogP contribution in [0.2, 0.25) is 0 Å². The van der Waals surface area contributed by atoms with Crippen LogP contribution in [-0.2, 0) is 4.79 Å². The van der Waals surface area contributed by atoms with Crippen LogP contribution < -0.4 is 4.90 Å². The number of pyridine rings is 1. The maximum Gasteiger partial charge on any atom is 0.230 e. The Morgan fingerprint density at radius 2 is 1.96 bits per heavy atom. The van der Waals surface area contributed by atoms with Crippen molar-refractivity contribution in [3.05, 3.63) is 23.6 Å². The highest BCUT2D eigenvalue weighted by molar-refractivity contribution is 5.86. The van der Waals surface area contributed by atoms with E-state index in [1.54, 1.807) is 13.0 Å². The number of likely N-dealkylation sites (tertiary alicyclic amines) is 1. The lowest BCUT2D eigenvalue weighted by Crippen LogP contribution is -2.50. The van der Waals surface area contributed by atoms with Crippen molar-refractivity contribution >= 4 is 11.7 Å². The molecule has 3 fully saturated rings. The SMILES string of the molecule is Cc1nc(N2CCCC3(CCN(C4CCC(O)CC4)C3=O)C2)ccc1F. The van der Waals surface area contributed by atoms with Crippen molar-refractivity contribution in [1.82, 2.24) is 9.88 Å². The second-order valence-corrected chi connectivity index (χ2v) is 8.25. The number of piperidine rings is 1. The number of hydrogen-bond acceptors (Lipinski definition) is 4. The molecule has 1 aromatic rings. The predicted octanol–water partition coefficient (Wildman–Crippen LogP) is 2.65. The van der Waals surface area contributed by atoms with Crippen LogP contribution >= 0.6 is 0 Å². The van der Waals surface area contributed by atoms with Gasteiger partial charge in [0.1, 0.15) is 11.6 Å². The molecule has 0 bridgehead atoms. The first kappa shape index (κ1) is 17.7. The Balaban J connectivity index is 1.49. The van der Waals surface area contributed by atoms with E-state index in [-0.39, 0.29) is 29.3 Å². The van der Waals surface area contributed by atoms with Crippen molar-refractivity contribution in [2.45, 2.75) is 64.0 Å². The molecule has 5 nitrogen and oxygen atoms in total. The number of rotatable bonds is 2. The highest BCUT2D eigenvalue weighted by Gasteiger charge is 2.50. The molecule has 4 rings (SSSR count). The first-order chi connectivity index (χ1) is 12.5. The number of halogens is 1. The number of hydrogen-bond donors (Lipinski definition) is 1. The first-order valence-electron chi connectivity index (χ1n) is 9.86. The van der Waals surface area contributed by atoms with E-state index >= 15 is 0 Å². The fourth-order valence-electron chi connectivity index (χ4n) is 4.98. The molecule has 1 unspecified atom stereocenters. The summed E-state index contributed by atoms with van der Waals surface area (Å²) < 4.78 is 13.5. The number of amides is 1. The fourth-order valence-corrected chi connectivity index (χ4v) is 4.98. The maximum atomic E-state index is 13.5. The third kappa shape index (κ3) is 3.08. The number of carbonyl (C=O) groups is 1. The number of carbonyl (C=O) groups excluding carboxylic acids is 1. The monoisotopic (exact) mass is 361 g/mol. The van der Waals surface area contributed by atoms with Gasteiger partial charge in [0.2, 0.25) is 5.91 Å². The Bertz CT molecular complexity index is 690. The zero-order chi connectivity index (χ0) is 18.3. The molecule has 1 aromatic heterocycles. The summed E-state index contributed by atoms with van der Waals surface area (Å²) in [5, 5.41) is 9.74. The van der Waals surface area contributed by atoms with Crippen molar-refractivity contribution in [2.75, 3.05) is 24.5 Å². The van der Waals surface area contributed by atoms with Crippen LogP contribution in [0.1, 0.15) is 50.6 Å². The summed E-state index contributed by atoms with van der Waals surface area (Å²) in [4.78, 5) is 21.9. The van der Waals surface area contributed by atoms with E-state index in [1.807, 2.05) is 0 Å². The molecule has 0 aromatic carbocycles. The lowest BCUT2D eigenvalue weighted by molar-refractivity contribution is -0.139. The normalized spacial score (nSPS) is 32.5.